The summed E-state index contributed by atoms with van der Waals surface area (Å²) in [5.41, 5.74) is -1.94. The van der Waals surface area contributed by atoms with Crippen LogP contribution in [0.2, 0.25) is 0 Å². The number of halogens is 2. The van der Waals surface area contributed by atoms with E-state index in [4.69, 9.17) is 0 Å². The lowest BCUT2D eigenvalue weighted by molar-refractivity contribution is -0.140. The summed E-state index contributed by atoms with van der Waals surface area (Å²) in [6.45, 7) is 0.724. The Morgan fingerprint density at radius 3 is 2.39 bits per heavy atom. The summed E-state index contributed by atoms with van der Waals surface area (Å²) in [5, 5.41) is 13.2. The first kappa shape index (κ1) is 15.9. The van der Waals surface area contributed by atoms with Crippen molar-refractivity contribution in [1.29, 1.82) is 0 Å². The largest absolute Gasteiger partial charge is 0.385 e. The van der Waals surface area contributed by atoms with Crippen LogP contribution in [-0.2, 0) is 15.2 Å². The first-order valence-electron chi connectivity index (χ1n) is 7.63. The third kappa shape index (κ3) is 2.93. The highest BCUT2D eigenvalue weighted by atomic mass is 19.1. The van der Waals surface area contributed by atoms with Gasteiger partial charge in [0.1, 0.15) is 11.6 Å². The molecule has 0 unspecified atom stereocenters. The minimum absolute atomic E-state index is 0.0602. The average Bonchev–Trinajstić information content (AvgIpc) is 2.93. The van der Waals surface area contributed by atoms with Crippen molar-refractivity contribution in [3.63, 3.8) is 0 Å². The monoisotopic (exact) mass is 324 g/mol. The molecule has 0 saturated carbocycles. The Hall–Kier alpha value is -2.02. The zero-order chi connectivity index (χ0) is 16.6. The van der Waals surface area contributed by atoms with E-state index >= 15 is 0 Å². The van der Waals surface area contributed by atoms with Crippen LogP contribution in [0, 0.1) is 17.6 Å². The van der Waals surface area contributed by atoms with Gasteiger partial charge in [0.2, 0.25) is 11.8 Å². The molecule has 2 aliphatic rings. The number of likely N-dealkylation sites (tertiary alicyclic amines) is 1. The lowest BCUT2D eigenvalue weighted by Gasteiger charge is -2.39. The van der Waals surface area contributed by atoms with Gasteiger partial charge in [-0.15, -0.1) is 0 Å². The molecule has 1 aromatic rings. The second kappa shape index (κ2) is 5.88. The van der Waals surface area contributed by atoms with Crippen molar-refractivity contribution < 1.29 is 23.5 Å². The molecule has 0 aromatic heterocycles. The number of rotatable bonds is 2. The standard InChI is InChI=1S/C16H18F2N2O3/c17-11-2-1-3-12(18)14(11)16(23)4-6-20(7-5-16)15(22)10-8-13(21)19-9-10/h1-3,10,23H,4-9H2,(H,19,21)/t10-/m0/s1. The number of carbonyl (C=O) groups is 2. The van der Waals surface area contributed by atoms with Crippen LogP contribution in [0.1, 0.15) is 24.8 Å². The number of hydrogen-bond donors (Lipinski definition) is 2. The van der Waals surface area contributed by atoms with Crippen molar-refractivity contribution in [2.24, 2.45) is 5.92 Å². The summed E-state index contributed by atoms with van der Waals surface area (Å²) in [6.07, 6.45) is 0.289. The van der Waals surface area contributed by atoms with E-state index < -0.39 is 17.2 Å². The number of nitrogens with zero attached hydrogens (tertiary/aromatic N) is 1. The molecule has 23 heavy (non-hydrogen) atoms. The third-order valence-electron chi connectivity index (χ3n) is 4.66. The Bertz CT molecular complexity index is 622. The van der Waals surface area contributed by atoms with E-state index in [1.54, 1.807) is 4.90 Å². The maximum Gasteiger partial charge on any atom is 0.227 e. The van der Waals surface area contributed by atoms with Gasteiger partial charge in [-0.3, -0.25) is 9.59 Å². The molecule has 2 N–H and O–H groups in total. The van der Waals surface area contributed by atoms with Crippen molar-refractivity contribution >= 4 is 11.8 Å². The van der Waals surface area contributed by atoms with Crippen LogP contribution in [0.15, 0.2) is 18.2 Å². The van der Waals surface area contributed by atoms with Gasteiger partial charge in [0, 0.05) is 26.1 Å². The van der Waals surface area contributed by atoms with E-state index in [0.717, 1.165) is 12.1 Å². The molecule has 2 saturated heterocycles. The maximum atomic E-state index is 13.9. The van der Waals surface area contributed by atoms with Gasteiger partial charge in [0.25, 0.3) is 0 Å². The third-order valence-corrected chi connectivity index (χ3v) is 4.66. The molecule has 3 rings (SSSR count). The van der Waals surface area contributed by atoms with Crippen LogP contribution in [0.5, 0.6) is 0 Å². The van der Waals surface area contributed by atoms with Crippen molar-refractivity contribution in [3.8, 4) is 0 Å². The number of nitrogens with one attached hydrogen (secondary N) is 1. The molecular formula is C16H18F2N2O3. The number of hydrogen-bond acceptors (Lipinski definition) is 3. The van der Waals surface area contributed by atoms with Crippen LogP contribution in [0.25, 0.3) is 0 Å². The van der Waals surface area contributed by atoms with Crippen molar-refractivity contribution in [1.82, 2.24) is 10.2 Å². The number of carbonyl (C=O) groups excluding carboxylic acids is 2. The molecular weight excluding hydrogens is 306 g/mol. The van der Waals surface area contributed by atoms with E-state index in [2.05, 4.69) is 5.32 Å². The number of aliphatic hydroxyl groups is 1. The van der Waals surface area contributed by atoms with Crippen LogP contribution in [-0.4, -0.2) is 41.5 Å². The highest BCUT2D eigenvalue weighted by molar-refractivity contribution is 5.89. The molecule has 5 nitrogen and oxygen atoms in total. The predicted octanol–water partition coefficient (Wildman–Crippen LogP) is 0.911. The maximum absolute atomic E-state index is 13.9. The van der Waals surface area contributed by atoms with Gasteiger partial charge in [0.15, 0.2) is 0 Å². The SMILES string of the molecule is O=C1C[C@H](C(=O)N2CCC(O)(c3c(F)cccc3F)CC2)CN1. The molecule has 1 atom stereocenters. The summed E-state index contributed by atoms with van der Waals surface area (Å²) in [4.78, 5) is 25.1. The molecule has 0 spiro atoms. The quantitative estimate of drug-likeness (QED) is 0.850. The highest BCUT2D eigenvalue weighted by Gasteiger charge is 2.41. The number of piperidine rings is 1. The molecule has 2 aliphatic heterocycles. The minimum atomic E-state index is -1.62. The fraction of sp³-hybridized carbons (Fsp3) is 0.500. The Balaban J connectivity index is 1.70. The Morgan fingerprint density at radius 2 is 1.87 bits per heavy atom. The lowest BCUT2D eigenvalue weighted by atomic mass is 9.83. The zero-order valence-corrected chi connectivity index (χ0v) is 12.5. The molecule has 0 radical (unpaired) electrons. The number of amides is 2. The summed E-state index contributed by atoms with van der Waals surface area (Å²) in [6, 6.07) is 3.48. The second-order valence-electron chi connectivity index (χ2n) is 6.16. The minimum Gasteiger partial charge on any atom is -0.385 e. The first-order valence-corrected chi connectivity index (χ1v) is 7.63. The van der Waals surface area contributed by atoms with E-state index in [0.29, 0.717) is 6.54 Å². The summed E-state index contributed by atoms with van der Waals surface area (Å²) in [7, 11) is 0. The number of benzene rings is 1. The lowest BCUT2D eigenvalue weighted by Crippen LogP contribution is -2.48. The van der Waals surface area contributed by atoms with Crippen molar-refractivity contribution in [2.75, 3.05) is 19.6 Å². The molecule has 124 valence electrons. The predicted molar refractivity (Wildman–Crippen MR) is 77.2 cm³/mol. The van der Waals surface area contributed by atoms with E-state index in [-0.39, 0.29) is 55.6 Å². The first-order chi connectivity index (χ1) is 10.9. The second-order valence-corrected chi connectivity index (χ2v) is 6.16. The molecule has 0 aliphatic carbocycles. The molecule has 2 fully saturated rings. The van der Waals surface area contributed by atoms with E-state index in [9.17, 15) is 23.5 Å². The van der Waals surface area contributed by atoms with Crippen LogP contribution in [0.4, 0.5) is 8.78 Å². The molecule has 1 aromatic carbocycles. The van der Waals surface area contributed by atoms with E-state index in [1.807, 2.05) is 0 Å². The van der Waals surface area contributed by atoms with Gasteiger partial charge >= 0.3 is 0 Å². The van der Waals surface area contributed by atoms with Crippen LogP contribution < -0.4 is 5.32 Å². The van der Waals surface area contributed by atoms with Crippen molar-refractivity contribution in [3.05, 3.63) is 35.4 Å². The Labute approximate surface area is 132 Å². The topological polar surface area (TPSA) is 69.6 Å². The molecule has 0 bridgehead atoms. The highest BCUT2D eigenvalue weighted by Crippen LogP contribution is 2.36. The molecule has 7 heteroatoms. The van der Waals surface area contributed by atoms with Gasteiger partial charge in [0.05, 0.1) is 17.1 Å². The average molecular weight is 324 g/mol. The van der Waals surface area contributed by atoms with Gasteiger partial charge in [-0.25, -0.2) is 8.78 Å². The normalized spacial score (nSPS) is 23.7. The summed E-state index contributed by atoms with van der Waals surface area (Å²) < 4.78 is 27.8. The Morgan fingerprint density at radius 1 is 1.26 bits per heavy atom. The molecule has 2 amide bonds. The van der Waals surface area contributed by atoms with E-state index in [1.165, 1.54) is 6.07 Å². The molecule has 2 heterocycles. The smallest absolute Gasteiger partial charge is 0.227 e. The fourth-order valence-corrected chi connectivity index (χ4v) is 3.33. The van der Waals surface area contributed by atoms with Crippen molar-refractivity contribution in [2.45, 2.75) is 24.9 Å². The van der Waals surface area contributed by atoms with Gasteiger partial charge in [-0.2, -0.15) is 0 Å². The zero-order valence-electron chi connectivity index (χ0n) is 12.5. The Kier molecular flexibility index (Phi) is 4.06. The summed E-state index contributed by atoms with van der Waals surface area (Å²) in [5.74, 6) is -2.25. The van der Waals surface area contributed by atoms with Gasteiger partial charge in [-0.05, 0) is 25.0 Å². The van der Waals surface area contributed by atoms with Gasteiger partial charge in [-0.1, -0.05) is 6.07 Å². The van der Waals surface area contributed by atoms with Gasteiger partial charge < -0.3 is 15.3 Å². The van der Waals surface area contributed by atoms with Crippen LogP contribution in [0.3, 0.4) is 0 Å². The fourth-order valence-electron chi connectivity index (χ4n) is 3.33. The summed E-state index contributed by atoms with van der Waals surface area (Å²) >= 11 is 0. The van der Waals surface area contributed by atoms with Crippen LogP contribution >= 0.6 is 0 Å².